The molecule has 2 N–H and O–H groups in total. The molecule has 1 aliphatic heterocycles. The lowest BCUT2D eigenvalue weighted by Crippen LogP contribution is -2.39. The minimum atomic E-state index is -3.21. The summed E-state index contributed by atoms with van der Waals surface area (Å²) in [6, 6.07) is 10.0. The third-order valence-corrected chi connectivity index (χ3v) is 6.49. The van der Waals surface area contributed by atoms with E-state index in [1.807, 2.05) is 0 Å². The molecule has 31 heavy (non-hydrogen) atoms. The molecule has 1 amide bonds. The van der Waals surface area contributed by atoms with Crippen molar-refractivity contribution in [2.45, 2.75) is 37.8 Å². The van der Waals surface area contributed by atoms with Gasteiger partial charge >= 0.3 is 11.9 Å². The maximum atomic E-state index is 14.8. The Morgan fingerprint density at radius 3 is 2.58 bits per heavy atom. The van der Waals surface area contributed by atoms with Crippen LogP contribution in [0.4, 0.5) is 8.78 Å². The quantitative estimate of drug-likeness (QED) is 0.580. The van der Waals surface area contributed by atoms with Gasteiger partial charge in [-0.2, -0.15) is 8.78 Å². The van der Waals surface area contributed by atoms with Crippen LogP contribution in [0.3, 0.4) is 0 Å². The first-order valence-electron chi connectivity index (χ1n) is 10.1. The fourth-order valence-electron chi connectivity index (χ4n) is 4.60. The van der Waals surface area contributed by atoms with E-state index in [0.29, 0.717) is 17.5 Å². The Morgan fingerprint density at radius 1 is 1.10 bits per heavy atom. The van der Waals surface area contributed by atoms with E-state index in [0.717, 1.165) is 12.5 Å². The fraction of sp³-hybridized carbons (Fsp3) is 0.348. The zero-order valence-electron chi connectivity index (χ0n) is 16.7. The van der Waals surface area contributed by atoms with Crippen LogP contribution in [0.5, 0.6) is 0 Å². The predicted molar refractivity (Wildman–Crippen MR) is 106 cm³/mol. The minimum Gasteiger partial charge on any atom is -0.391 e. The molecule has 3 aliphatic rings. The van der Waals surface area contributed by atoms with E-state index in [4.69, 9.17) is 4.74 Å². The second-order valence-electron chi connectivity index (χ2n) is 8.69. The Labute approximate surface area is 177 Å². The second-order valence-corrected chi connectivity index (χ2v) is 8.69. The first kappa shape index (κ1) is 19.8. The van der Waals surface area contributed by atoms with Gasteiger partial charge in [-0.25, -0.2) is 9.59 Å². The summed E-state index contributed by atoms with van der Waals surface area (Å²) >= 11 is 0. The van der Waals surface area contributed by atoms with E-state index in [1.165, 1.54) is 18.2 Å². The number of halogens is 2. The third-order valence-electron chi connectivity index (χ3n) is 6.49. The van der Waals surface area contributed by atoms with E-state index in [1.54, 1.807) is 18.2 Å². The first-order valence-corrected chi connectivity index (χ1v) is 10.1. The predicted octanol–water partition coefficient (Wildman–Crippen LogP) is 2.75. The molecule has 0 bridgehead atoms. The molecule has 1 saturated carbocycles. The molecule has 1 saturated heterocycles. The number of amides is 1. The van der Waals surface area contributed by atoms with Gasteiger partial charge in [-0.3, -0.25) is 4.79 Å². The van der Waals surface area contributed by atoms with Crippen molar-refractivity contribution in [3.8, 4) is 11.1 Å². The topological polar surface area (TPSA) is 84.5 Å². The van der Waals surface area contributed by atoms with Crippen LogP contribution in [-0.4, -0.2) is 36.5 Å². The van der Waals surface area contributed by atoms with E-state index >= 15 is 0 Å². The number of carbonyl (C=O) groups is 3. The Bertz CT molecular complexity index is 1130. The highest BCUT2D eigenvalue weighted by molar-refractivity contribution is 5.98. The summed E-state index contributed by atoms with van der Waals surface area (Å²) in [6.45, 7) is 1.53. The highest BCUT2D eigenvalue weighted by Gasteiger charge is 2.58. The molecular weight excluding hydrogens is 406 g/mol. The van der Waals surface area contributed by atoms with Crippen LogP contribution in [-0.2, 0) is 20.2 Å². The molecular formula is C23H20F2N2O4. The minimum absolute atomic E-state index is 0.00386. The Hall–Kier alpha value is -3.13. The molecule has 6 nitrogen and oxygen atoms in total. The zero-order chi connectivity index (χ0) is 22.0. The monoisotopic (exact) mass is 426 g/mol. The lowest BCUT2D eigenvalue weighted by Gasteiger charge is -2.14. The van der Waals surface area contributed by atoms with Gasteiger partial charge in [-0.05, 0) is 41.5 Å². The lowest BCUT2D eigenvalue weighted by atomic mass is 10.0. The molecule has 3 unspecified atom stereocenters. The molecule has 1 heterocycles. The van der Waals surface area contributed by atoms with Gasteiger partial charge < -0.3 is 15.4 Å². The number of fused-ring (bicyclic) bond motifs is 4. The van der Waals surface area contributed by atoms with Crippen LogP contribution < -0.4 is 10.6 Å². The first-order chi connectivity index (χ1) is 14.7. The summed E-state index contributed by atoms with van der Waals surface area (Å²) in [5.74, 6) is -5.47. The van der Waals surface area contributed by atoms with Crippen molar-refractivity contribution in [2.75, 3.05) is 6.54 Å². The summed E-state index contributed by atoms with van der Waals surface area (Å²) in [5.41, 5.74) is 0.545. The van der Waals surface area contributed by atoms with Crippen molar-refractivity contribution < 1.29 is 27.9 Å². The number of carbonyl (C=O) groups excluding carboxylic acids is 3. The van der Waals surface area contributed by atoms with E-state index in [2.05, 4.69) is 17.6 Å². The molecule has 0 radical (unpaired) electrons. The highest BCUT2D eigenvalue weighted by atomic mass is 19.3. The molecule has 8 heteroatoms. The number of hydrogen-bond acceptors (Lipinski definition) is 5. The highest BCUT2D eigenvalue weighted by Crippen LogP contribution is 2.54. The number of esters is 2. The van der Waals surface area contributed by atoms with Crippen molar-refractivity contribution in [3.05, 3.63) is 59.2 Å². The van der Waals surface area contributed by atoms with Crippen LogP contribution in [0.1, 0.15) is 41.3 Å². The van der Waals surface area contributed by atoms with Crippen LogP contribution in [0.2, 0.25) is 0 Å². The summed E-state index contributed by atoms with van der Waals surface area (Å²) in [6.07, 6.45) is 1.62. The van der Waals surface area contributed by atoms with Crippen LogP contribution >= 0.6 is 0 Å². The molecule has 0 aromatic heterocycles. The van der Waals surface area contributed by atoms with E-state index < -0.39 is 36.4 Å². The van der Waals surface area contributed by atoms with Gasteiger partial charge in [0, 0.05) is 22.7 Å². The zero-order valence-corrected chi connectivity index (χ0v) is 16.7. The van der Waals surface area contributed by atoms with Gasteiger partial charge in [-0.1, -0.05) is 37.3 Å². The molecule has 5 rings (SSSR count). The fourth-order valence-corrected chi connectivity index (χ4v) is 4.60. The smallest absolute Gasteiger partial charge is 0.333 e. The van der Waals surface area contributed by atoms with Gasteiger partial charge in [0.05, 0.1) is 0 Å². The summed E-state index contributed by atoms with van der Waals surface area (Å²) in [4.78, 5) is 36.4. The number of nitrogens with one attached hydrogen (secondary N) is 2. The maximum Gasteiger partial charge on any atom is 0.333 e. The molecule has 3 atom stereocenters. The molecule has 2 fully saturated rings. The van der Waals surface area contributed by atoms with Gasteiger partial charge in [0.15, 0.2) is 0 Å². The van der Waals surface area contributed by atoms with E-state index in [9.17, 15) is 23.2 Å². The number of piperidine rings is 1. The van der Waals surface area contributed by atoms with Gasteiger partial charge in [-0.15, -0.1) is 0 Å². The Morgan fingerprint density at radius 2 is 1.84 bits per heavy atom. The van der Waals surface area contributed by atoms with Crippen LogP contribution in [0.15, 0.2) is 42.5 Å². The Kier molecular flexibility index (Phi) is 4.27. The molecule has 2 aliphatic carbocycles. The van der Waals surface area contributed by atoms with Gasteiger partial charge in [0.25, 0.3) is 11.8 Å². The number of hydrogen-bond donors (Lipinski definition) is 2. The van der Waals surface area contributed by atoms with Gasteiger partial charge in [0.1, 0.15) is 12.6 Å². The maximum absolute atomic E-state index is 14.8. The number of ether oxygens (including phenoxy) is 1. The number of benzene rings is 2. The number of rotatable bonds is 4. The molecule has 160 valence electrons. The third kappa shape index (κ3) is 3.22. The standard InChI is InChI=1S/C23H20F2N2O4/c1-22-9-17(27-18(22)10-22)21(30)31-19(28)11-26-20(29)12-6-7-14-13-4-2-3-5-15(13)23(24,25)16(14)8-12/h2-8,17-18,27H,9-11H2,1H3,(H,26,29). The van der Waals surface area contributed by atoms with Crippen molar-refractivity contribution in [1.82, 2.24) is 10.6 Å². The van der Waals surface area contributed by atoms with Crippen molar-refractivity contribution >= 4 is 17.8 Å². The average molecular weight is 426 g/mol. The number of alkyl halides is 2. The summed E-state index contributed by atoms with van der Waals surface area (Å²) in [5, 5.41) is 5.45. The van der Waals surface area contributed by atoms with Crippen molar-refractivity contribution in [3.63, 3.8) is 0 Å². The van der Waals surface area contributed by atoms with Crippen molar-refractivity contribution in [1.29, 1.82) is 0 Å². The average Bonchev–Trinajstić information content (AvgIpc) is 3.16. The SMILES string of the molecule is CC12CC(C(=O)OC(=O)CNC(=O)c3ccc4c(c3)C(F)(F)c3ccccc3-4)NC1C2. The Balaban J connectivity index is 1.21. The molecule has 0 spiro atoms. The lowest BCUT2D eigenvalue weighted by molar-refractivity contribution is -0.160. The van der Waals surface area contributed by atoms with Crippen molar-refractivity contribution in [2.24, 2.45) is 5.41 Å². The largest absolute Gasteiger partial charge is 0.391 e. The molecule has 2 aromatic carbocycles. The summed E-state index contributed by atoms with van der Waals surface area (Å²) in [7, 11) is 0. The van der Waals surface area contributed by atoms with Gasteiger partial charge in [0.2, 0.25) is 0 Å². The summed E-state index contributed by atoms with van der Waals surface area (Å²) < 4.78 is 34.4. The van der Waals surface area contributed by atoms with Crippen LogP contribution in [0, 0.1) is 5.41 Å². The normalized spacial score (nSPS) is 26.4. The second kappa shape index (κ2) is 6.68. The molecule has 2 aromatic rings. The van der Waals surface area contributed by atoms with E-state index in [-0.39, 0.29) is 28.1 Å². The van der Waals surface area contributed by atoms with Crippen LogP contribution in [0.25, 0.3) is 11.1 Å².